The number of aryl methyl sites for hydroxylation is 1. The molecular formula is C30H38ClN3O2. The van der Waals surface area contributed by atoms with Gasteiger partial charge in [-0.1, -0.05) is 23.8 Å². The monoisotopic (exact) mass is 507 g/mol. The topological polar surface area (TPSA) is 41.7 Å². The summed E-state index contributed by atoms with van der Waals surface area (Å²) in [5.74, 6) is 1.78. The lowest BCUT2D eigenvalue weighted by atomic mass is 9.80. The zero-order chi connectivity index (χ0) is 24.9. The van der Waals surface area contributed by atoms with E-state index in [0.29, 0.717) is 18.6 Å². The summed E-state index contributed by atoms with van der Waals surface area (Å²) in [5, 5.41) is 1.81. The molecule has 2 aromatic heterocycles. The van der Waals surface area contributed by atoms with Crippen LogP contribution in [0.5, 0.6) is 0 Å². The smallest absolute Gasteiger partial charge is 0.107 e. The van der Waals surface area contributed by atoms with Gasteiger partial charge in [0.05, 0.1) is 29.1 Å². The molecule has 5 rings (SSSR count). The first-order valence-electron chi connectivity index (χ1n) is 13.4. The lowest BCUT2D eigenvalue weighted by Gasteiger charge is -2.42. The Morgan fingerprint density at radius 3 is 2.67 bits per heavy atom. The molecule has 0 amide bonds. The van der Waals surface area contributed by atoms with E-state index in [4.69, 9.17) is 20.8 Å². The van der Waals surface area contributed by atoms with Gasteiger partial charge in [0.15, 0.2) is 0 Å². The largest absolute Gasteiger partial charge is 0.469 e. The Morgan fingerprint density at radius 2 is 1.89 bits per heavy atom. The quantitative estimate of drug-likeness (QED) is 0.314. The van der Waals surface area contributed by atoms with E-state index in [1.807, 2.05) is 24.6 Å². The van der Waals surface area contributed by atoms with Gasteiger partial charge in [-0.25, -0.2) is 0 Å². The first kappa shape index (κ1) is 25.3. The van der Waals surface area contributed by atoms with E-state index >= 15 is 0 Å². The summed E-state index contributed by atoms with van der Waals surface area (Å²) < 4.78 is 11.1. The Kier molecular flexibility index (Phi) is 8.30. The predicted molar refractivity (Wildman–Crippen MR) is 148 cm³/mol. The van der Waals surface area contributed by atoms with Crippen LogP contribution in [0.3, 0.4) is 0 Å². The third-order valence-corrected chi connectivity index (χ3v) is 8.48. The standard InChI is InChI=1S/C30H38ClN3O2/c1-22-26(21-36-29(22)8-4-3-5-20-35-2)23-9-11-24(12-10-23)33-16-18-34(19-17-33)28-14-13-27(31)25-7-6-15-32-30(25)28/h3,5-7,13-15,21,23-24H,4,8-12,16-20H2,1-2H3/b5-3-. The lowest BCUT2D eigenvalue weighted by Crippen LogP contribution is -2.51. The average molecular weight is 508 g/mol. The van der Waals surface area contributed by atoms with Crippen molar-refractivity contribution in [2.45, 2.75) is 57.4 Å². The van der Waals surface area contributed by atoms with Gasteiger partial charge in [-0.3, -0.25) is 9.88 Å². The Balaban J connectivity index is 1.13. The Hall–Kier alpha value is -2.34. The number of methoxy groups -OCH3 is 1. The van der Waals surface area contributed by atoms with Gasteiger partial charge < -0.3 is 14.1 Å². The molecule has 6 heteroatoms. The van der Waals surface area contributed by atoms with Crippen LogP contribution in [0.1, 0.15) is 54.9 Å². The molecule has 2 fully saturated rings. The number of aromatic nitrogens is 1. The number of hydrogen-bond donors (Lipinski definition) is 0. The van der Waals surface area contributed by atoms with E-state index < -0.39 is 0 Å². The van der Waals surface area contributed by atoms with E-state index in [2.05, 4.69) is 46.0 Å². The minimum Gasteiger partial charge on any atom is -0.469 e. The van der Waals surface area contributed by atoms with E-state index in [1.54, 1.807) is 7.11 Å². The zero-order valence-corrected chi connectivity index (χ0v) is 22.3. The van der Waals surface area contributed by atoms with Crippen molar-refractivity contribution >= 4 is 28.2 Å². The van der Waals surface area contributed by atoms with Gasteiger partial charge in [0.1, 0.15) is 5.76 Å². The second-order valence-corrected chi connectivity index (χ2v) is 10.6. The van der Waals surface area contributed by atoms with Crippen LogP contribution in [0.15, 0.2) is 53.3 Å². The highest BCUT2D eigenvalue weighted by molar-refractivity contribution is 6.35. The van der Waals surface area contributed by atoms with Crippen LogP contribution >= 0.6 is 11.6 Å². The van der Waals surface area contributed by atoms with Crippen LogP contribution in [-0.2, 0) is 11.2 Å². The van der Waals surface area contributed by atoms with E-state index in [1.165, 1.54) is 42.5 Å². The third kappa shape index (κ3) is 5.49. The molecular weight excluding hydrogens is 470 g/mol. The minimum absolute atomic E-state index is 0.635. The fourth-order valence-corrected chi connectivity index (χ4v) is 6.29. The number of pyridine rings is 1. The molecule has 3 heterocycles. The molecule has 1 aromatic carbocycles. The number of hydrogen-bond acceptors (Lipinski definition) is 5. The summed E-state index contributed by atoms with van der Waals surface area (Å²) in [5.41, 5.74) is 5.03. The van der Waals surface area contributed by atoms with Gasteiger partial charge in [0.2, 0.25) is 0 Å². The van der Waals surface area contributed by atoms with Gasteiger partial charge in [-0.05, 0) is 80.3 Å². The van der Waals surface area contributed by atoms with Crippen LogP contribution in [0.2, 0.25) is 5.02 Å². The van der Waals surface area contributed by atoms with Crippen molar-refractivity contribution in [3.05, 3.63) is 70.8 Å². The van der Waals surface area contributed by atoms with E-state index in [-0.39, 0.29) is 0 Å². The third-order valence-electron chi connectivity index (χ3n) is 8.15. The van der Waals surface area contributed by atoms with E-state index in [0.717, 1.165) is 60.7 Å². The summed E-state index contributed by atoms with van der Waals surface area (Å²) in [6.45, 7) is 7.21. The lowest BCUT2D eigenvalue weighted by molar-refractivity contribution is 0.141. The highest BCUT2D eigenvalue weighted by Crippen LogP contribution is 2.38. The molecule has 0 bridgehead atoms. The summed E-state index contributed by atoms with van der Waals surface area (Å²) >= 11 is 6.42. The van der Waals surface area contributed by atoms with Crippen molar-refractivity contribution in [3.8, 4) is 0 Å². The van der Waals surface area contributed by atoms with Gasteiger partial charge in [0, 0.05) is 57.3 Å². The van der Waals surface area contributed by atoms with Crippen LogP contribution < -0.4 is 4.90 Å². The zero-order valence-electron chi connectivity index (χ0n) is 21.6. The maximum Gasteiger partial charge on any atom is 0.107 e. The van der Waals surface area contributed by atoms with Crippen molar-refractivity contribution in [2.24, 2.45) is 0 Å². The molecule has 192 valence electrons. The molecule has 1 saturated heterocycles. The van der Waals surface area contributed by atoms with Gasteiger partial charge in [0.25, 0.3) is 0 Å². The number of nitrogens with zero attached hydrogens (tertiary/aromatic N) is 3. The first-order valence-corrected chi connectivity index (χ1v) is 13.8. The Bertz CT molecular complexity index is 1170. The van der Waals surface area contributed by atoms with Crippen LogP contribution in [0.4, 0.5) is 5.69 Å². The highest BCUT2D eigenvalue weighted by atomic mass is 35.5. The number of allylic oxidation sites excluding steroid dienone is 1. The Labute approximate surface area is 220 Å². The number of furan rings is 1. The summed E-state index contributed by atoms with van der Waals surface area (Å²) in [6, 6.07) is 8.86. The van der Waals surface area contributed by atoms with Crippen molar-refractivity contribution in [1.82, 2.24) is 9.88 Å². The summed E-state index contributed by atoms with van der Waals surface area (Å²) in [7, 11) is 1.72. The van der Waals surface area contributed by atoms with Gasteiger partial charge in [-0.15, -0.1) is 0 Å². The molecule has 5 nitrogen and oxygen atoms in total. The minimum atomic E-state index is 0.635. The fraction of sp³-hybridized carbons (Fsp3) is 0.500. The van der Waals surface area contributed by atoms with Crippen molar-refractivity contribution in [2.75, 3.05) is 44.8 Å². The summed E-state index contributed by atoms with van der Waals surface area (Å²) in [4.78, 5) is 9.85. The number of halogens is 1. The maximum absolute atomic E-state index is 6.42. The predicted octanol–water partition coefficient (Wildman–Crippen LogP) is 6.77. The molecule has 36 heavy (non-hydrogen) atoms. The maximum atomic E-state index is 6.42. The number of piperazine rings is 1. The van der Waals surface area contributed by atoms with Crippen molar-refractivity contribution < 1.29 is 9.15 Å². The number of ether oxygens (including phenoxy) is 1. The summed E-state index contributed by atoms with van der Waals surface area (Å²) in [6.07, 6.45) is 15.2. The Morgan fingerprint density at radius 1 is 1.08 bits per heavy atom. The molecule has 1 aliphatic carbocycles. The number of benzene rings is 1. The molecule has 0 unspecified atom stereocenters. The first-order chi connectivity index (χ1) is 17.7. The van der Waals surface area contributed by atoms with Crippen LogP contribution in [0.25, 0.3) is 10.9 Å². The molecule has 0 atom stereocenters. The fourth-order valence-electron chi connectivity index (χ4n) is 6.08. The molecule has 2 aliphatic rings. The average Bonchev–Trinajstić information content (AvgIpc) is 3.29. The molecule has 0 radical (unpaired) electrons. The van der Waals surface area contributed by atoms with Crippen molar-refractivity contribution in [1.29, 1.82) is 0 Å². The number of rotatable bonds is 8. The number of anilines is 1. The van der Waals surface area contributed by atoms with Gasteiger partial charge >= 0.3 is 0 Å². The molecule has 0 spiro atoms. The second-order valence-electron chi connectivity index (χ2n) is 10.2. The molecule has 0 N–H and O–H groups in total. The highest BCUT2D eigenvalue weighted by Gasteiger charge is 2.30. The molecule has 3 aromatic rings. The van der Waals surface area contributed by atoms with Crippen molar-refractivity contribution in [3.63, 3.8) is 0 Å². The SMILES string of the molecule is COC/C=C\CCc1occ(C2CCC(N3CCN(c4ccc(Cl)c5cccnc45)CC3)CC2)c1C. The number of fused-ring (bicyclic) bond motifs is 1. The molecule has 1 saturated carbocycles. The van der Waals surface area contributed by atoms with Crippen LogP contribution in [-0.4, -0.2) is 55.8 Å². The normalized spacial score (nSPS) is 21.6. The van der Waals surface area contributed by atoms with Gasteiger partial charge in [-0.2, -0.15) is 0 Å². The van der Waals surface area contributed by atoms with Crippen LogP contribution in [0, 0.1) is 6.92 Å². The van der Waals surface area contributed by atoms with E-state index in [9.17, 15) is 0 Å². The second kappa shape index (κ2) is 11.8. The molecule has 1 aliphatic heterocycles.